The van der Waals surface area contributed by atoms with Crippen LogP contribution in [0.3, 0.4) is 0 Å². The number of amides is 1. The highest BCUT2D eigenvalue weighted by Crippen LogP contribution is 2.32. The summed E-state index contributed by atoms with van der Waals surface area (Å²) >= 11 is 1.73. The molecular formula is C19H22N2O2S. The summed E-state index contributed by atoms with van der Waals surface area (Å²) in [5.74, 6) is 3.31. The van der Waals surface area contributed by atoms with Gasteiger partial charge in [-0.15, -0.1) is 0 Å². The lowest BCUT2D eigenvalue weighted by Gasteiger charge is -2.20. The highest BCUT2D eigenvalue weighted by atomic mass is 32.2. The Balaban J connectivity index is 1.70. The number of methoxy groups -OCH3 is 1. The number of nitrogens with zero attached hydrogens (tertiary/aromatic N) is 1. The zero-order valence-corrected chi connectivity index (χ0v) is 14.6. The number of pyridine rings is 1. The number of carbonyl (C=O) groups is 1. The van der Waals surface area contributed by atoms with Gasteiger partial charge in [-0.2, -0.15) is 11.8 Å². The molecule has 126 valence electrons. The summed E-state index contributed by atoms with van der Waals surface area (Å²) in [7, 11) is 1.65. The Hall–Kier alpha value is -2.01. The van der Waals surface area contributed by atoms with Crippen LogP contribution in [-0.4, -0.2) is 29.5 Å². The van der Waals surface area contributed by atoms with Gasteiger partial charge in [-0.25, -0.2) is 0 Å². The van der Waals surface area contributed by atoms with Crippen LogP contribution in [0.25, 0.3) is 0 Å². The fourth-order valence-corrected chi connectivity index (χ4v) is 3.57. The van der Waals surface area contributed by atoms with Gasteiger partial charge in [0.1, 0.15) is 5.75 Å². The molecule has 0 bridgehead atoms. The monoisotopic (exact) mass is 342 g/mol. The molecule has 24 heavy (non-hydrogen) atoms. The Kier molecular flexibility index (Phi) is 5.75. The van der Waals surface area contributed by atoms with Crippen molar-refractivity contribution < 1.29 is 9.53 Å². The van der Waals surface area contributed by atoms with Crippen LogP contribution in [-0.2, 0) is 4.79 Å². The van der Waals surface area contributed by atoms with Crippen LogP contribution < -0.4 is 10.1 Å². The first-order chi connectivity index (χ1) is 11.8. The summed E-state index contributed by atoms with van der Waals surface area (Å²) in [4.78, 5) is 16.4. The molecule has 1 aromatic heterocycles. The van der Waals surface area contributed by atoms with Crippen LogP contribution in [0.4, 0.5) is 0 Å². The molecule has 0 unspecified atom stereocenters. The number of benzene rings is 1. The molecular weight excluding hydrogens is 320 g/mol. The molecule has 1 N–H and O–H groups in total. The average Bonchev–Trinajstić information content (AvgIpc) is 3.45. The smallest absolute Gasteiger partial charge is 0.230 e. The standard InChI is InChI=1S/C19H22N2O2S/c1-23-17-6-4-15(5-7-17)19(16-8-10-20-11-9-16)21-18(22)13-24-12-14-2-3-14/h4-11,14,19H,2-3,12-13H2,1H3,(H,21,22)/t19-/m0/s1. The molecule has 1 heterocycles. The van der Waals surface area contributed by atoms with Crippen LogP contribution in [0.1, 0.15) is 30.0 Å². The number of hydrogen-bond donors (Lipinski definition) is 1. The van der Waals surface area contributed by atoms with Crippen LogP contribution in [0.2, 0.25) is 0 Å². The predicted molar refractivity (Wildman–Crippen MR) is 97.3 cm³/mol. The summed E-state index contributed by atoms with van der Waals surface area (Å²) in [6, 6.07) is 11.5. The lowest BCUT2D eigenvalue weighted by atomic mass is 9.99. The maximum atomic E-state index is 12.4. The molecule has 0 radical (unpaired) electrons. The first kappa shape index (κ1) is 16.8. The molecule has 2 aromatic rings. The minimum atomic E-state index is -0.173. The Labute approximate surface area is 147 Å². The molecule has 1 aromatic carbocycles. The third-order valence-electron chi connectivity index (χ3n) is 4.08. The van der Waals surface area contributed by atoms with E-state index in [0.29, 0.717) is 5.75 Å². The molecule has 0 spiro atoms. The van der Waals surface area contributed by atoms with Crippen molar-refractivity contribution in [3.05, 3.63) is 59.9 Å². The molecule has 0 aliphatic heterocycles. The van der Waals surface area contributed by atoms with Crippen molar-refractivity contribution in [3.8, 4) is 5.75 Å². The van der Waals surface area contributed by atoms with Gasteiger partial charge in [0.05, 0.1) is 18.9 Å². The van der Waals surface area contributed by atoms with Crippen molar-refractivity contribution in [2.24, 2.45) is 5.92 Å². The molecule has 0 saturated heterocycles. The van der Waals surface area contributed by atoms with Crippen LogP contribution in [0, 0.1) is 5.92 Å². The third kappa shape index (κ3) is 4.74. The van der Waals surface area contributed by atoms with E-state index in [1.807, 2.05) is 36.4 Å². The molecule has 1 atom stereocenters. The van der Waals surface area contributed by atoms with Crippen molar-refractivity contribution in [2.45, 2.75) is 18.9 Å². The van der Waals surface area contributed by atoms with E-state index in [1.54, 1.807) is 31.3 Å². The molecule has 1 aliphatic carbocycles. The Bertz CT molecular complexity index is 657. The van der Waals surface area contributed by atoms with Gasteiger partial charge in [0, 0.05) is 12.4 Å². The van der Waals surface area contributed by atoms with E-state index < -0.39 is 0 Å². The molecule has 3 rings (SSSR count). The number of ether oxygens (including phenoxy) is 1. The fraction of sp³-hybridized carbons (Fsp3) is 0.368. The lowest BCUT2D eigenvalue weighted by molar-refractivity contribution is -0.119. The van der Waals surface area contributed by atoms with Gasteiger partial charge < -0.3 is 10.1 Å². The summed E-state index contributed by atoms with van der Waals surface area (Å²) < 4.78 is 5.22. The van der Waals surface area contributed by atoms with E-state index in [2.05, 4.69) is 10.3 Å². The van der Waals surface area contributed by atoms with Gasteiger partial charge in [0.2, 0.25) is 5.91 Å². The third-order valence-corrected chi connectivity index (χ3v) is 5.25. The number of nitrogens with one attached hydrogen (secondary N) is 1. The summed E-state index contributed by atoms with van der Waals surface area (Å²) in [5.41, 5.74) is 2.05. The second kappa shape index (κ2) is 8.20. The first-order valence-corrected chi connectivity index (χ1v) is 9.32. The molecule has 1 saturated carbocycles. The average molecular weight is 342 g/mol. The predicted octanol–water partition coefficient (Wildman–Crippen LogP) is 3.44. The number of thioether (sulfide) groups is 1. The number of rotatable bonds is 8. The second-order valence-electron chi connectivity index (χ2n) is 6.01. The van der Waals surface area contributed by atoms with Crippen LogP contribution >= 0.6 is 11.8 Å². The van der Waals surface area contributed by atoms with Gasteiger partial charge in [0.15, 0.2) is 0 Å². The van der Waals surface area contributed by atoms with Gasteiger partial charge in [-0.1, -0.05) is 12.1 Å². The highest BCUT2D eigenvalue weighted by Gasteiger charge is 2.22. The zero-order chi connectivity index (χ0) is 16.8. The minimum absolute atomic E-state index is 0.0679. The summed E-state index contributed by atoms with van der Waals surface area (Å²) in [6.07, 6.45) is 6.14. The number of carbonyl (C=O) groups excluding carboxylic acids is 1. The SMILES string of the molecule is COc1ccc([C@H](NC(=O)CSCC2CC2)c2ccncc2)cc1. The Morgan fingerprint density at radius 2 is 1.88 bits per heavy atom. The van der Waals surface area contributed by atoms with Crippen LogP contribution in [0.5, 0.6) is 5.75 Å². The fourth-order valence-electron chi connectivity index (χ4n) is 2.52. The number of aromatic nitrogens is 1. The van der Waals surface area contributed by atoms with E-state index in [4.69, 9.17) is 4.74 Å². The summed E-state index contributed by atoms with van der Waals surface area (Å²) in [6.45, 7) is 0. The second-order valence-corrected chi connectivity index (χ2v) is 7.04. The van der Waals surface area contributed by atoms with Crippen molar-refractivity contribution >= 4 is 17.7 Å². The maximum absolute atomic E-state index is 12.4. The first-order valence-electron chi connectivity index (χ1n) is 8.17. The molecule has 5 heteroatoms. The van der Waals surface area contributed by atoms with E-state index in [1.165, 1.54) is 12.8 Å². The molecule has 1 fully saturated rings. The zero-order valence-electron chi connectivity index (χ0n) is 13.8. The lowest BCUT2D eigenvalue weighted by Crippen LogP contribution is -2.30. The topological polar surface area (TPSA) is 51.2 Å². The maximum Gasteiger partial charge on any atom is 0.230 e. The molecule has 4 nitrogen and oxygen atoms in total. The minimum Gasteiger partial charge on any atom is -0.497 e. The Morgan fingerprint density at radius 3 is 2.50 bits per heavy atom. The van der Waals surface area contributed by atoms with Gasteiger partial charge in [-0.05, 0) is 59.9 Å². The normalized spacial score (nSPS) is 14.9. The highest BCUT2D eigenvalue weighted by molar-refractivity contribution is 7.99. The van der Waals surface area contributed by atoms with Crippen molar-refractivity contribution in [3.63, 3.8) is 0 Å². The van der Waals surface area contributed by atoms with E-state index >= 15 is 0 Å². The van der Waals surface area contributed by atoms with Gasteiger partial charge in [-0.3, -0.25) is 9.78 Å². The molecule has 1 aliphatic rings. The van der Waals surface area contributed by atoms with E-state index in [0.717, 1.165) is 28.5 Å². The van der Waals surface area contributed by atoms with Gasteiger partial charge in [0.25, 0.3) is 0 Å². The number of hydrogen-bond acceptors (Lipinski definition) is 4. The van der Waals surface area contributed by atoms with Crippen molar-refractivity contribution in [2.75, 3.05) is 18.6 Å². The quantitative estimate of drug-likeness (QED) is 0.798. The Morgan fingerprint density at radius 1 is 1.21 bits per heavy atom. The van der Waals surface area contributed by atoms with Crippen molar-refractivity contribution in [1.82, 2.24) is 10.3 Å². The molecule has 1 amide bonds. The van der Waals surface area contributed by atoms with Crippen molar-refractivity contribution in [1.29, 1.82) is 0 Å². The van der Waals surface area contributed by atoms with E-state index in [9.17, 15) is 4.79 Å². The largest absolute Gasteiger partial charge is 0.497 e. The van der Waals surface area contributed by atoms with Crippen LogP contribution in [0.15, 0.2) is 48.8 Å². The van der Waals surface area contributed by atoms with Gasteiger partial charge >= 0.3 is 0 Å². The summed E-state index contributed by atoms with van der Waals surface area (Å²) in [5, 5.41) is 3.15. The van der Waals surface area contributed by atoms with E-state index in [-0.39, 0.29) is 11.9 Å².